The Balaban J connectivity index is 1.65. The van der Waals surface area contributed by atoms with Crippen molar-refractivity contribution in [2.24, 2.45) is 0 Å². The van der Waals surface area contributed by atoms with Crippen LogP contribution in [0.3, 0.4) is 0 Å². The first kappa shape index (κ1) is 22.9. The molecule has 1 aromatic heterocycles. The van der Waals surface area contributed by atoms with E-state index in [2.05, 4.69) is 14.4 Å². The predicted molar refractivity (Wildman–Crippen MR) is 121 cm³/mol. The number of unbranched alkanes of at least 4 members (excludes halogenated alkanes) is 2. The molecule has 0 saturated heterocycles. The van der Waals surface area contributed by atoms with E-state index in [4.69, 9.17) is 0 Å². The lowest BCUT2D eigenvalue weighted by atomic mass is 9.94. The molecule has 0 amide bonds. The summed E-state index contributed by atoms with van der Waals surface area (Å²) in [4.78, 5) is 15.7. The molecule has 0 saturated carbocycles. The van der Waals surface area contributed by atoms with Crippen LogP contribution < -0.4 is 4.72 Å². The van der Waals surface area contributed by atoms with Crippen LogP contribution in [0.15, 0.2) is 71.9 Å². The number of benzene rings is 2. The Morgan fingerprint density at radius 3 is 2.58 bits per heavy atom. The number of methoxy groups -OCH3 is 1. The maximum atomic E-state index is 12.9. The van der Waals surface area contributed by atoms with Crippen molar-refractivity contribution in [2.45, 2.75) is 42.9 Å². The Labute approximate surface area is 183 Å². The van der Waals surface area contributed by atoms with E-state index < -0.39 is 10.0 Å². The predicted octanol–water partition coefficient (Wildman–Crippen LogP) is 4.42. The van der Waals surface area contributed by atoms with Crippen LogP contribution in [0.5, 0.6) is 0 Å². The first-order chi connectivity index (χ1) is 15.0. The van der Waals surface area contributed by atoms with Crippen LogP contribution in [-0.2, 0) is 19.6 Å². The molecule has 1 atom stereocenters. The van der Waals surface area contributed by atoms with Gasteiger partial charge in [0.1, 0.15) is 0 Å². The molecule has 1 heterocycles. The summed E-state index contributed by atoms with van der Waals surface area (Å²) in [5.74, 6) is -0.200. The standard InChI is InChI=1S/C24H28N2O4S/c1-30-24(27)12-4-2-3-10-22(21-11-7-15-25-17-21)18-26-31(28,29)23-14-13-19-8-5-6-9-20(19)16-23/h5-9,11,13-17,22,26H,2-4,10,12,18H2,1H3. The number of esters is 1. The fourth-order valence-corrected chi connectivity index (χ4v) is 4.69. The molecule has 7 heteroatoms. The fraction of sp³-hybridized carbons (Fsp3) is 0.333. The molecular weight excluding hydrogens is 412 g/mol. The summed E-state index contributed by atoms with van der Waals surface area (Å²) in [6.45, 7) is 0.290. The van der Waals surface area contributed by atoms with Gasteiger partial charge in [0.25, 0.3) is 0 Å². The van der Waals surface area contributed by atoms with Gasteiger partial charge in [-0.15, -0.1) is 0 Å². The number of ether oxygens (including phenoxy) is 1. The Kier molecular flexibility index (Phi) is 8.14. The van der Waals surface area contributed by atoms with Crippen LogP contribution in [0.1, 0.15) is 43.6 Å². The summed E-state index contributed by atoms with van der Waals surface area (Å²) in [5.41, 5.74) is 0.997. The molecule has 1 unspecified atom stereocenters. The lowest BCUT2D eigenvalue weighted by Crippen LogP contribution is -2.28. The van der Waals surface area contributed by atoms with Crippen LogP contribution in [-0.4, -0.2) is 33.0 Å². The number of nitrogens with zero attached hydrogens (tertiary/aromatic N) is 1. The van der Waals surface area contributed by atoms with Gasteiger partial charge in [-0.25, -0.2) is 13.1 Å². The van der Waals surface area contributed by atoms with Crippen molar-refractivity contribution in [1.82, 2.24) is 9.71 Å². The van der Waals surface area contributed by atoms with Crippen molar-refractivity contribution in [3.05, 3.63) is 72.6 Å². The van der Waals surface area contributed by atoms with Gasteiger partial charge in [-0.3, -0.25) is 9.78 Å². The van der Waals surface area contributed by atoms with Crippen LogP contribution in [0, 0.1) is 0 Å². The second kappa shape index (κ2) is 11.0. The number of nitrogens with one attached hydrogen (secondary N) is 1. The topological polar surface area (TPSA) is 85.4 Å². The Hall–Kier alpha value is -2.77. The lowest BCUT2D eigenvalue weighted by Gasteiger charge is -2.18. The van der Waals surface area contributed by atoms with Gasteiger partial charge >= 0.3 is 5.97 Å². The molecule has 0 bridgehead atoms. The number of sulfonamides is 1. The highest BCUT2D eigenvalue weighted by molar-refractivity contribution is 7.89. The van der Waals surface area contributed by atoms with E-state index in [9.17, 15) is 13.2 Å². The maximum Gasteiger partial charge on any atom is 0.305 e. The minimum absolute atomic E-state index is 0.00191. The highest BCUT2D eigenvalue weighted by Crippen LogP contribution is 2.23. The average molecular weight is 441 g/mol. The van der Waals surface area contributed by atoms with Crippen LogP contribution >= 0.6 is 0 Å². The summed E-state index contributed by atoms with van der Waals surface area (Å²) in [6, 6.07) is 16.7. The summed E-state index contributed by atoms with van der Waals surface area (Å²) < 4.78 is 33.3. The van der Waals surface area contributed by atoms with E-state index in [1.165, 1.54) is 7.11 Å². The van der Waals surface area contributed by atoms with Crippen LogP contribution in [0.25, 0.3) is 10.8 Å². The smallest absolute Gasteiger partial charge is 0.305 e. The minimum Gasteiger partial charge on any atom is -0.469 e. The molecule has 0 aliphatic heterocycles. The van der Waals surface area contributed by atoms with E-state index >= 15 is 0 Å². The van der Waals surface area contributed by atoms with Gasteiger partial charge < -0.3 is 4.74 Å². The van der Waals surface area contributed by atoms with Crippen molar-refractivity contribution in [3.8, 4) is 0 Å². The van der Waals surface area contributed by atoms with Gasteiger partial charge in [0.2, 0.25) is 10.0 Å². The fourth-order valence-electron chi connectivity index (χ4n) is 3.57. The largest absolute Gasteiger partial charge is 0.469 e. The third-order valence-electron chi connectivity index (χ3n) is 5.37. The Bertz CT molecular complexity index is 1100. The van der Waals surface area contributed by atoms with E-state index in [0.29, 0.717) is 6.42 Å². The number of hydrogen-bond donors (Lipinski definition) is 1. The molecule has 2 aromatic carbocycles. The zero-order valence-corrected chi connectivity index (χ0v) is 18.5. The van der Waals surface area contributed by atoms with E-state index in [0.717, 1.165) is 42.0 Å². The summed E-state index contributed by atoms with van der Waals surface area (Å²) in [5, 5.41) is 1.89. The van der Waals surface area contributed by atoms with Crippen molar-refractivity contribution in [2.75, 3.05) is 13.7 Å². The molecule has 0 radical (unpaired) electrons. The van der Waals surface area contributed by atoms with E-state index in [1.54, 1.807) is 24.5 Å². The zero-order valence-electron chi connectivity index (χ0n) is 17.7. The molecule has 0 spiro atoms. The maximum absolute atomic E-state index is 12.9. The number of hydrogen-bond acceptors (Lipinski definition) is 5. The lowest BCUT2D eigenvalue weighted by molar-refractivity contribution is -0.140. The first-order valence-electron chi connectivity index (χ1n) is 10.4. The Morgan fingerprint density at radius 2 is 1.84 bits per heavy atom. The molecule has 0 aliphatic rings. The van der Waals surface area contributed by atoms with E-state index in [1.807, 2.05) is 42.5 Å². The number of rotatable bonds is 11. The second-order valence-electron chi connectivity index (χ2n) is 7.52. The van der Waals surface area contributed by atoms with Gasteiger partial charge in [0.05, 0.1) is 12.0 Å². The number of aromatic nitrogens is 1. The van der Waals surface area contributed by atoms with Crippen molar-refractivity contribution in [3.63, 3.8) is 0 Å². The Morgan fingerprint density at radius 1 is 1.03 bits per heavy atom. The van der Waals surface area contributed by atoms with Gasteiger partial charge in [0, 0.05) is 25.4 Å². The van der Waals surface area contributed by atoms with Gasteiger partial charge in [-0.05, 0) is 53.3 Å². The number of fused-ring (bicyclic) bond motifs is 1. The normalized spacial score (nSPS) is 12.5. The van der Waals surface area contributed by atoms with Crippen LogP contribution in [0.2, 0.25) is 0 Å². The van der Waals surface area contributed by atoms with Crippen molar-refractivity contribution >= 4 is 26.8 Å². The molecule has 0 aliphatic carbocycles. The molecule has 6 nitrogen and oxygen atoms in total. The van der Waals surface area contributed by atoms with Gasteiger partial charge in [0.15, 0.2) is 0 Å². The SMILES string of the molecule is COC(=O)CCCCCC(CNS(=O)(=O)c1ccc2ccccc2c1)c1cccnc1. The monoisotopic (exact) mass is 440 g/mol. The van der Waals surface area contributed by atoms with Gasteiger partial charge in [-0.2, -0.15) is 0 Å². The molecular formula is C24H28N2O4S. The van der Waals surface area contributed by atoms with Crippen LogP contribution in [0.4, 0.5) is 0 Å². The molecule has 3 rings (SSSR count). The summed E-state index contributed by atoms with van der Waals surface area (Å²) in [7, 11) is -2.24. The van der Waals surface area contributed by atoms with Crippen molar-refractivity contribution < 1.29 is 17.9 Å². The number of carbonyl (C=O) groups excluding carboxylic acids is 1. The average Bonchev–Trinajstić information content (AvgIpc) is 2.80. The molecule has 31 heavy (non-hydrogen) atoms. The molecule has 0 fully saturated rings. The highest BCUT2D eigenvalue weighted by Gasteiger charge is 2.19. The molecule has 164 valence electrons. The third-order valence-corrected chi connectivity index (χ3v) is 6.79. The molecule has 1 N–H and O–H groups in total. The minimum atomic E-state index is -3.64. The summed E-state index contributed by atoms with van der Waals surface area (Å²) >= 11 is 0. The zero-order chi connectivity index (χ0) is 22.1. The highest BCUT2D eigenvalue weighted by atomic mass is 32.2. The molecule has 3 aromatic rings. The second-order valence-corrected chi connectivity index (χ2v) is 9.29. The van der Waals surface area contributed by atoms with E-state index in [-0.39, 0.29) is 23.3 Å². The summed E-state index contributed by atoms with van der Waals surface area (Å²) in [6.07, 6.45) is 7.21. The third kappa shape index (κ3) is 6.60. The first-order valence-corrected chi connectivity index (χ1v) is 11.9. The van der Waals surface area contributed by atoms with Gasteiger partial charge in [-0.1, -0.05) is 49.2 Å². The quantitative estimate of drug-likeness (QED) is 0.352. The number of pyridine rings is 1. The number of carbonyl (C=O) groups is 1. The van der Waals surface area contributed by atoms with Crippen molar-refractivity contribution in [1.29, 1.82) is 0 Å².